The number of ether oxygens (including phenoxy) is 2. The number of hydrogen-bond acceptors (Lipinski definition) is 6. The average molecular weight is 409 g/mol. The summed E-state index contributed by atoms with van der Waals surface area (Å²) >= 11 is 0. The molecule has 4 aliphatic carbocycles. The van der Waals surface area contributed by atoms with E-state index in [1.54, 1.807) is 24.3 Å². The summed E-state index contributed by atoms with van der Waals surface area (Å²) in [5, 5.41) is 0. The minimum atomic E-state index is -1.05. The Kier molecular flexibility index (Phi) is 4.31. The van der Waals surface area contributed by atoms with Crippen molar-refractivity contribution in [3.8, 4) is 5.75 Å². The molecule has 0 N–H and O–H groups in total. The second kappa shape index (κ2) is 6.79. The van der Waals surface area contributed by atoms with Gasteiger partial charge in [0.05, 0.1) is 18.9 Å². The summed E-state index contributed by atoms with van der Waals surface area (Å²) in [6, 6.07) is 5.50. The molecule has 2 bridgehead atoms. The van der Waals surface area contributed by atoms with Crippen molar-refractivity contribution in [2.75, 3.05) is 13.7 Å². The first-order valence-electron chi connectivity index (χ1n) is 10.3. The Hall–Kier alpha value is -2.96. The molecule has 6 rings (SSSR count). The number of methoxy groups -OCH3 is 1. The summed E-state index contributed by atoms with van der Waals surface area (Å²) in [6.07, 6.45) is 5.26. The van der Waals surface area contributed by atoms with Crippen LogP contribution in [-0.2, 0) is 19.1 Å². The van der Waals surface area contributed by atoms with E-state index in [0.717, 1.165) is 11.3 Å². The highest BCUT2D eigenvalue weighted by Crippen LogP contribution is 2.65. The summed E-state index contributed by atoms with van der Waals surface area (Å²) in [4.78, 5) is 52.1. The van der Waals surface area contributed by atoms with E-state index in [4.69, 9.17) is 9.47 Å². The van der Waals surface area contributed by atoms with Gasteiger partial charge < -0.3 is 9.47 Å². The Labute approximate surface area is 174 Å². The summed E-state index contributed by atoms with van der Waals surface area (Å²) in [6.45, 7) is 1.03. The van der Waals surface area contributed by atoms with Gasteiger partial charge in [0.15, 0.2) is 12.4 Å². The molecule has 0 radical (unpaired) electrons. The standard InChI is InChI=1S/C23H23NO6/c1-11(23(28)30-10-18(25)12-4-3-5-13(8-12)29-2)24-21(26)19-14-6-7-15(17-9-16(14)17)20(19)22(24)27/h3-8,11,14-17,19-20H,9-10H2,1-2H3/t11-,14+,15+,16+,17+,19-,20+/m0/s1. The molecule has 3 fully saturated rings. The molecule has 7 nitrogen and oxygen atoms in total. The van der Waals surface area contributed by atoms with E-state index in [1.807, 2.05) is 0 Å². The van der Waals surface area contributed by atoms with Gasteiger partial charge in [0.2, 0.25) is 11.8 Å². The molecule has 1 aromatic rings. The first-order chi connectivity index (χ1) is 14.4. The van der Waals surface area contributed by atoms with Gasteiger partial charge in [-0.25, -0.2) is 4.79 Å². The quantitative estimate of drug-likeness (QED) is 0.308. The topological polar surface area (TPSA) is 90.0 Å². The number of benzene rings is 1. The van der Waals surface area contributed by atoms with Crippen LogP contribution in [0.15, 0.2) is 36.4 Å². The molecule has 30 heavy (non-hydrogen) atoms. The van der Waals surface area contributed by atoms with Crippen LogP contribution < -0.4 is 4.74 Å². The van der Waals surface area contributed by atoms with Crippen LogP contribution in [-0.4, -0.2) is 48.2 Å². The van der Waals surface area contributed by atoms with E-state index >= 15 is 0 Å². The van der Waals surface area contributed by atoms with Crippen molar-refractivity contribution in [2.24, 2.45) is 35.5 Å². The van der Waals surface area contributed by atoms with E-state index in [0.29, 0.717) is 23.1 Å². The van der Waals surface area contributed by atoms with Crippen LogP contribution in [0.5, 0.6) is 5.75 Å². The summed E-state index contributed by atoms with van der Waals surface area (Å²) in [7, 11) is 1.50. The number of allylic oxidation sites excluding steroid dienone is 2. The number of likely N-dealkylation sites (tertiary alicyclic amines) is 1. The van der Waals surface area contributed by atoms with Crippen LogP contribution in [0.4, 0.5) is 0 Å². The molecule has 0 aromatic heterocycles. The third-order valence-electron chi connectivity index (χ3n) is 7.16. The average Bonchev–Trinajstić information content (AvgIpc) is 3.54. The van der Waals surface area contributed by atoms with Gasteiger partial charge in [0.1, 0.15) is 11.8 Å². The maximum Gasteiger partial charge on any atom is 0.329 e. The molecule has 5 aliphatic rings. The number of esters is 1. The number of rotatable bonds is 6. The number of nitrogens with zero attached hydrogens (tertiary/aromatic N) is 1. The zero-order valence-electron chi connectivity index (χ0n) is 16.8. The van der Waals surface area contributed by atoms with Crippen LogP contribution in [0, 0.1) is 35.5 Å². The van der Waals surface area contributed by atoms with Crippen molar-refractivity contribution < 1.29 is 28.7 Å². The second-order valence-corrected chi connectivity index (χ2v) is 8.64. The number of carbonyl (C=O) groups is 4. The molecule has 1 heterocycles. The smallest absolute Gasteiger partial charge is 0.329 e. The molecule has 7 atom stereocenters. The Morgan fingerprint density at radius 3 is 2.33 bits per heavy atom. The fraction of sp³-hybridized carbons (Fsp3) is 0.478. The van der Waals surface area contributed by atoms with E-state index in [2.05, 4.69) is 12.2 Å². The van der Waals surface area contributed by atoms with Crippen molar-refractivity contribution in [3.05, 3.63) is 42.0 Å². The van der Waals surface area contributed by atoms with Crippen LogP contribution in [0.25, 0.3) is 0 Å². The molecular weight excluding hydrogens is 386 g/mol. The lowest BCUT2D eigenvalue weighted by Crippen LogP contribution is -2.45. The molecule has 1 aliphatic heterocycles. The number of amides is 2. The van der Waals surface area contributed by atoms with E-state index in [9.17, 15) is 19.2 Å². The highest BCUT2D eigenvalue weighted by molar-refractivity contribution is 6.09. The van der Waals surface area contributed by atoms with Gasteiger partial charge in [-0.2, -0.15) is 0 Å². The minimum Gasteiger partial charge on any atom is -0.497 e. The fourth-order valence-electron chi connectivity index (χ4n) is 5.60. The number of carbonyl (C=O) groups excluding carboxylic acids is 4. The maximum absolute atomic E-state index is 13.1. The summed E-state index contributed by atoms with van der Waals surface area (Å²) in [5.74, 6) is -0.680. The first-order valence-corrected chi connectivity index (χ1v) is 10.3. The molecular formula is C23H23NO6. The lowest BCUT2D eigenvalue weighted by Gasteiger charge is -2.37. The van der Waals surface area contributed by atoms with Gasteiger partial charge in [-0.15, -0.1) is 0 Å². The molecule has 2 saturated carbocycles. The van der Waals surface area contributed by atoms with E-state index in [1.165, 1.54) is 14.0 Å². The third kappa shape index (κ3) is 2.71. The maximum atomic E-state index is 13.1. The first kappa shape index (κ1) is 19.0. The highest BCUT2D eigenvalue weighted by atomic mass is 16.5. The fourth-order valence-corrected chi connectivity index (χ4v) is 5.60. The van der Waals surface area contributed by atoms with Gasteiger partial charge in [0, 0.05) is 5.56 Å². The highest BCUT2D eigenvalue weighted by Gasteiger charge is 2.67. The van der Waals surface area contributed by atoms with E-state index in [-0.39, 0.29) is 41.3 Å². The number of ketones is 1. The Bertz CT molecular complexity index is 948. The molecule has 1 saturated heterocycles. The van der Waals surface area contributed by atoms with Crippen molar-refractivity contribution in [1.29, 1.82) is 0 Å². The monoisotopic (exact) mass is 409 g/mol. The van der Waals surface area contributed by atoms with Crippen molar-refractivity contribution in [3.63, 3.8) is 0 Å². The largest absolute Gasteiger partial charge is 0.497 e. The van der Waals surface area contributed by atoms with Crippen molar-refractivity contribution in [1.82, 2.24) is 4.90 Å². The Balaban J connectivity index is 1.25. The zero-order valence-corrected chi connectivity index (χ0v) is 16.8. The third-order valence-corrected chi connectivity index (χ3v) is 7.16. The predicted octanol–water partition coefficient (Wildman–Crippen LogP) is 1.86. The molecule has 2 amide bonds. The SMILES string of the molecule is COc1cccc(C(=O)COC(=O)[C@H](C)N2C(=O)[C@@H]3[C@@H]4C=C[C@H]([C@H]5C[C@H]45)[C@@H]3C2=O)c1. The Morgan fingerprint density at radius 1 is 1.10 bits per heavy atom. The lowest BCUT2D eigenvalue weighted by atomic mass is 9.63. The lowest BCUT2D eigenvalue weighted by molar-refractivity contribution is -0.157. The van der Waals surface area contributed by atoms with Gasteiger partial charge in [0.25, 0.3) is 0 Å². The van der Waals surface area contributed by atoms with Gasteiger partial charge in [-0.3, -0.25) is 19.3 Å². The summed E-state index contributed by atoms with van der Waals surface area (Å²) in [5.41, 5.74) is 0.357. The predicted molar refractivity (Wildman–Crippen MR) is 104 cm³/mol. The van der Waals surface area contributed by atoms with E-state index < -0.39 is 18.6 Å². The molecule has 7 heteroatoms. The second-order valence-electron chi connectivity index (χ2n) is 8.64. The molecule has 156 valence electrons. The normalized spacial score (nSPS) is 33.7. The number of imide groups is 1. The van der Waals surface area contributed by atoms with Crippen LogP contribution >= 0.6 is 0 Å². The van der Waals surface area contributed by atoms with Crippen molar-refractivity contribution >= 4 is 23.6 Å². The Morgan fingerprint density at radius 2 is 1.73 bits per heavy atom. The van der Waals surface area contributed by atoms with Crippen LogP contribution in [0.1, 0.15) is 23.7 Å². The summed E-state index contributed by atoms with van der Waals surface area (Å²) < 4.78 is 10.3. The van der Waals surface area contributed by atoms with Crippen molar-refractivity contribution in [2.45, 2.75) is 19.4 Å². The zero-order chi connectivity index (χ0) is 21.2. The van der Waals surface area contributed by atoms with Gasteiger partial charge in [-0.05, 0) is 49.1 Å². The number of hydrogen-bond donors (Lipinski definition) is 0. The van der Waals surface area contributed by atoms with Gasteiger partial charge >= 0.3 is 5.97 Å². The molecule has 0 unspecified atom stereocenters. The van der Waals surface area contributed by atoms with Gasteiger partial charge in [-0.1, -0.05) is 24.3 Å². The number of Topliss-reactive ketones (excluding diaryl/α,β-unsaturated/α-hetero) is 1. The van der Waals surface area contributed by atoms with Crippen LogP contribution in [0.2, 0.25) is 0 Å². The minimum absolute atomic E-state index is 0.101. The molecule has 0 spiro atoms. The molecule has 1 aromatic carbocycles. The van der Waals surface area contributed by atoms with Crippen LogP contribution in [0.3, 0.4) is 0 Å².